The summed E-state index contributed by atoms with van der Waals surface area (Å²) in [6, 6.07) is 11.4. The van der Waals surface area contributed by atoms with E-state index in [2.05, 4.69) is 25.0 Å². The zero-order chi connectivity index (χ0) is 31.3. The van der Waals surface area contributed by atoms with Crippen LogP contribution < -0.4 is 14.8 Å². The Morgan fingerprint density at radius 1 is 1.13 bits per heavy atom. The first-order valence-electron chi connectivity index (χ1n) is 15.0. The van der Waals surface area contributed by atoms with E-state index in [1.165, 1.54) is 11.0 Å². The van der Waals surface area contributed by atoms with E-state index in [1.54, 1.807) is 42.7 Å². The topological polar surface area (TPSA) is 147 Å². The molecule has 13 heteroatoms. The average molecular weight is 633 g/mol. The van der Waals surface area contributed by atoms with Crippen molar-refractivity contribution in [1.29, 1.82) is 0 Å². The van der Waals surface area contributed by atoms with Crippen LogP contribution >= 0.6 is 0 Å². The van der Waals surface area contributed by atoms with E-state index in [9.17, 15) is 18.3 Å². The number of nitrogens with one attached hydrogen (secondary N) is 2. The molecule has 2 aromatic heterocycles. The molecule has 2 aliphatic carbocycles. The number of fused-ring (bicyclic) bond motifs is 1. The summed E-state index contributed by atoms with van der Waals surface area (Å²) in [5.74, 6) is 0.479. The maximum Gasteiger partial charge on any atom is 0.407 e. The van der Waals surface area contributed by atoms with Crippen LogP contribution in [0, 0.1) is 24.1 Å². The number of halogens is 1. The smallest absolute Gasteiger partial charge is 0.407 e. The molecular formula is C32H33FN6O5S. The molecule has 0 radical (unpaired) electrons. The Balaban J connectivity index is 1.17. The van der Waals surface area contributed by atoms with E-state index in [1.807, 2.05) is 13.0 Å². The largest absolute Gasteiger partial charge is 0.465 e. The summed E-state index contributed by atoms with van der Waals surface area (Å²) in [4.78, 5) is 26.3. The number of aromatic nitrogens is 3. The Hall–Kier alpha value is -4.52. The molecule has 234 valence electrons. The molecule has 11 nitrogen and oxygen atoms in total. The van der Waals surface area contributed by atoms with Crippen LogP contribution in [0.15, 0.2) is 54.9 Å². The molecule has 2 aromatic carbocycles. The van der Waals surface area contributed by atoms with Gasteiger partial charge in [0.05, 0.1) is 22.7 Å². The standard InChI is InChI=1S/C32H33FN6O5S/c1-19-6-7-22-23(8-9-25(33)27(22)38-45(42,43)18-20-16-32(20)11-12-32)28(19)44-29-24(5-2-13-34-29)26-10-14-35-30(37-26)36-21-4-3-15-39(17-21)31(40)41/h2,5-10,13-14,20-21,38H,3-4,11-12,15-18H2,1H3,(H,40,41)(H,35,36,37). The van der Waals surface area contributed by atoms with E-state index in [-0.39, 0.29) is 34.7 Å². The van der Waals surface area contributed by atoms with Crippen molar-refractivity contribution < 1.29 is 27.4 Å². The number of ether oxygens (including phenoxy) is 1. The fourth-order valence-electron chi connectivity index (χ4n) is 6.40. The summed E-state index contributed by atoms with van der Waals surface area (Å²) >= 11 is 0. The average Bonchev–Trinajstić information content (AvgIpc) is 3.94. The maximum absolute atomic E-state index is 15.1. The number of benzene rings is 2. The van der Waals surface area contributed by atoms with Gasteiger partial charge in [0, 0.05) is 42.3 Å². The number of likely N-dealkylation sites (tertiary alicyclic amines) is 1. The van der Waals surface area contributed by atoms with Gasteiger partial charge in [-0.25, -0.2) is 32.6 Å². The second-order valence-corrected chi connectivity index (χ2v) is 14.1. The van der Waals surface area contributed by atoms with Crippen LogP contribution in [-0.2, 0) is 10.0 Å². The number of hydrogen-bond acceptors (Lipinski definition) is 8. The predicted octanol–water partition coefficient (Wildman–Crippen LogP) is 6.03. The minimum absolute atomic E-state index is 0.0102. The van der Waals surface area contributed by atoms with Crippen LogP contribution in [-0.4, -0.2) is 64.4 Å². The predicted molar refractivity (Wildman–Crippen MR) is 167 cm³/mol. The molecular weight excluding hydrogens is 599 g/mol. The minimum Gasteiger partial charge on any atom is -0.465 e. The third kappa shape index (κ3) is 5.96. The van der Waals surface area contributed by atoms with E-state index in [4.69, 9.17) is 4.74 Å². The summed E-state index contributed by atoms with van der Waals surface area (Å²) in [5.41, 5.74) is 1.98. The lowest BCUT2D eigenvalue weighted by Crippen LogP contribution is -2.44. The zero-order valence-corrected chi connectivity index (χ0v) is 25.5. The molecule has 3 aliphatic rings. The molecule has 1 aliphatic heterocycles. The number of amides is 1. The number of sulfonamides is 1. The van der Waals surface area contributed by atoms with Crippen molar-refractivity contribution in [3.63, 3.8) is 0 Å². The van der Waals surface area contributed by atoms with E-state index >= 15 is 4.39 Å². The van der Waals surface area contributed by atoms with Gasteiger partial charge in [0.2, 0.25) is 21.9 Å². The van der Waals surface area contributed by atoms with Gasteiger partial charge in [0.1, 0.15) is 11.6 Å². The third-order valence-corrected chi connectivity index (χ3v) is 10.5. The lowest BCUT2D eigenvalue weighted by atomic mass is 10.0. The van der Waals surface area contributed by atoms with Gasteiger partial charge in [0.15, 0.2) is 0 Å². The molecule has 3 heterocycles. The van der Waals surface area contributed by atoms with Crippen molar-refractivity contribution in [2.24, 2.45) is 11.3 Å². The Bertz CT molecular complexity index is 1920. The highest BCUT2D eigenvalue weighted by Crippen LogP contribution is 2.70. The lowest BCUT2D eigenvalue weighted by molar-refractivity contribution is 0.132. The molecule has 1 spiro atoms. The molecule has 3 fully saturated rings. The Labute approximate surface area is 259 Å². The Morgan fingerprint density at radius 3 is 2.73 bits per heavy atom. The zero-order valence-electron chi connectivity index (χ0n) is 24.7. The summed E-state index contributed by atoms with van der Waals surface area (Å²) in [7, 11) is -3.76. The van der Waals surface area contributed by atoms with Gasteiger partial charge in [-0.3, -0.25) is 4.72 Å². The SMILES string of the molecule is Cc1ccc2c(NS(=O)(=O)CC3CC34CC4)c(F)ccc2c1Oc1ncccc1-c1ccnc(NC2CCCN(C(=O)O)C2)n1. The number of carbonyl (C=O) groups is 1. The first-order valence-corrected chi connectivity index (χ1v) is 16.7. The first kappa shape index (κ1) is 29.2. The molecule has 2 saturated carbocycles. The molecule has 7 rings (SSSR count). The summed E-state index contributed by atoms with van der Waals surface area (Å²) in [5, 5.41) is 13.5. The van der Waals surface area contributed by atoms with Gasteiger partial charge >= 0.3 is 6.09 Å². The number of carboxylic acid groups (broad SMARTS) is 1. The fourth-order valence-corrected chi connectivity index (χ4v) is 8.00. The summed E-state index contributed by atoms with van der Waals surface area (Å²) < 4.78 is 50.2. The molecule has 4 aromatic rings. The van der Waals surface area contributed by atoms with E-state index in [0.717, 1.165) is 37.7 Å². The van der Waals surface area contributed by atoms with Crippen molar-refractivity contribution in [1.82, 2.24) is 19.9 Å². The second-order valence-electron chi connectivity index (χ2n) is 12.3. The quantitative estimate of drug-likeness (QED) is 0.201. The highest BCUT2D eigenvalue weighted by molar-refractivity contribution is 7.92. The van der Waals surface area contributed by atoms with Gasteiger partial charge in [-0.1, -0.05) is 12.1 Å². The molecule has 1 saturated heterocycles. The molecule has 3 N–H and O–H groups in total. The van der Waals surface area contributed by atoms with Crippen molar-refractivity contribution in [2.45, 2.75) is 45.1 Å². The van der Waals surface area contributed by atoms with Gasteiger partial charge in [-0.2, -0.15) is 0 Å². The van der Waals surface area contributed by atoms with E-state index in [0.29, 0.717) is 46.8 Å². The molecule has 0 bridgehead atoms. The number of anilines is 2. The van der Waals surface area contributed by atoms with Gasteiger partial charge in [-0.05, 0) is 86.3 Å². The van der Waals surface area contributed by atoms with Crippen LogP contribution in [0.4, 0.5) is 20.8 Å². The van der Waals surface area contributed by atoms with Crippen LogP contribution in [0.2, 0.25) is 0 Å². The number of pyridine rings is 1. The maximum atomic E-state index is 15.1. The molecule has 45 heavy (non-hydrogen) atoms. The van der Waals surface area contributed by atoms with E-state index < -0.39 is 21.9 Å². The molecule has 2 atom stereocenters. The van der Waals surface area contributed by atoms with Crippen molar-refractivity contribution in [3.8, 4) is 22.9 Å². The normalized spacial score (nSPS) is 20.2. The second kappa shape index (κ2) is 11.1. The van der Waals surface area contributed by atoms with Crippen LogP contribution in [0.5, 0.6) is 11.6 Å². The van der Waals surface area contributed by atoms with Gasteiger partial charge < -0.3 is 20.1 Å². The monoisotopic (exact) mass is 632 g/mol. The minimum atomic E-state index is -3.76. The fraction of sp³-hybridized carbons (Fsp3) is 0.375. The highest BCUT2D eigenvalue weighted by atomic mass is 32.2. The third-order valence-electron chi connectivity index (χ3n) is 9.15. The van der Waals surface area contributed by atoms with Crippen molar-refractivity contribution in [3.05, 3.63) is 66.2 Å². The first-order chi connectivity index (χ1) is 21.6. The molecule has 1 amide bonds. The Morgan fingerprint density at radius 2 is 1.96 bits per heavy atom. The van der Waals surface area contributed by atoms with Crippen LogP contribution in [0.3, 0.4) is 0 Å². The van der Waals surface area contributed by atoms with Crippen LogP contribution in [0.1, 0.15) is 37.7 Å². The molecule has 2 unspecified atom stereocenters. The summed E-state index contributed by atoms with van der Waals surface area (Å²) in [6.07, 6.45) is 6.84. The highest BCUT2D eigenvalue weighted by Gasteiger charge is 2.63. The van der Waals surface area contributed by atoms with Gasteiger partial charge in [0.25, 0.3) is 0 Å². The van der Waals surface area contributed by atoms with Crippen LogP contribution in [0.25, 0.3) is 22.0 Å². The van der Waals surface area contributed by atoms with Crippen molar-refractivity contribution >= 4 is 38.5 Å². The van der Waals surface area contributed by atoms with Crippen molar-refractivity contribution in [2.75, 3.05) is 28.9 Å². The number of rotatable bonds is 9. The Kier molecular flexibility index (Phi) is 7.22. The number of aryl methyl sites for hydroxylation is 1. The number of hydrogen-bond donors (Lipinski definition) is 3. The number of nitrogens with zero attached hydrogens (tertiary/aromatic N) is 4. The summed E-state index contributed by atoms with van der Waals surface area (Å²) in [6.45, 7) is 2.69. The number of piperidine rings is 1. The lowest BCUT2D eigenvalue weighted by Gasteiger charge is -2.31. The van der Waals surface area contributed by atoms with Gasteiger partial charge in [-0.15, -0.1) is 0 Å².